The molecule has 0 saturated carbocycles. The first-order valence-electron chi connectivity index (χ1n) is 8.70. The molecule has 0 atom stereocenters. The van der Waals surface area contributed by atoms with E-state index in [1.165, 1.54) is 16.5 Å². The number of aromatic nitrogens is 2. The van der Waals surface area contributed by atoms with Gasteiger partial charge in [0.2, 0.25) is 10.0 Å². The van der Waals surface area contributed by atoms with E-state index in [9.17, 15) is 18.0 Å². The number of rotatable bonds is 7. The molecule has 0 fully saturated rings. The molecule has 2 heterocycles. The van der Waals surface area contributed by atoms with Crippen LogP contribution in [0.3, 0.4) is 0 Å². The second-order valence-electron chi connectivity index (χ2n) is 6.21. The summed E-state index contributed by atoms with van der Waals surface area (Å²) in [5.41, 5.74) is 1.97. The van der Waals surface area contributed by atoms with Crippen molar-refractivity contribution in [3.63, 3.8) is 0 Å². The van der Waals surface area contributed by atoms with E-state index in [1.54, 1.807) is 36.5 Å². The number of aryl methyl sites for hydroxylation is 1. The number of hydrogen-bond acceptors (Lipinski definition) is 6. The molecule has 0 radical (unpaired) electrons. The third kappa shape index (κ3) is 5.59. The van der Waals surface area contributed by atoms with Crippen molar-refractivity contribution in [2.24, 2.45) is 0 Å². The minimum Gasteiger partial charge on any atom is -0.458 e. The number of carbonyl (C=O) groups is 1. The molecule has 2 aromatic heterocycles. The first kappa shape index (κ1) is 20.4. The van der Waals surface area contributed by atoms with Gasteiger partial charge in [-0.1, -0.05) is 36.4 Å². The summed E-state index contributed by atoms with van der Waals surface area (Å²) in [4.78, 5) is 28.3. The molecule has 0 aliphatic carbocycles. The van der Waals surface area contributed by atoms with Gasteiger partial charge in [-0.15, -0.1) is 0 Å². The molecule has 3 aromatic rings. The fourth-order valence-electron chi connectivity index (χ4n) is 2.53. The van der Waals surface area contributed by atoms with E-state index in [0.717, 1.165) is 11.0 Å². The van der Waals surface area contributed by atoms with Crippen molar-refractivity contribution in [3.05, 3.63) is 87.3 Å². The fourth-order valence-corrected chi connectivity index (χ4v) is 3.28. The molecule has 0 bridgehead atoms. The highest BCUT2D eigenvalue weighted by Crippen LogP contribution is 2.06. The van der Waals surface area contributed by atoms with Crippen LogP contribution in [0.5, 0.6) is 0 Å². The van der Waals surface area contributed by atoms with Gasteiger partial charge in [0, 0.05) is 17.7 Å². The Kier molecular flexibility index (Phi) is 6.20. The normalized spacial score (nSPS) is 11.8. The summed E-state index contributed by atoms with van der Waals surface area (Å²) in [6.45, 7) is 1.04. The largest absolute Gasteiger partial charge is 0.458 e. The molecule has 0 unspecified atom stereocenters. The van der Waals surface area contributed by atoms with E-state index >= 15 is 0 Å². The molecule has 0 aliphatic heterocycles. The molecule has 3 rings (SSSR count). The lowest BCUT2D eigenvalue weighted by Crippen LogP contribution is -2.29. The van der Waals surface area contributed by atoms with Gasteiger partial charge < -0.3 is 4.74 Å². The average molecular weight is 413 g/mol. The second-order valence-corrected chi connectivity index (χ2v) is 7.86. The van der Waals surface area contributed by atoms with E-state index in [4.69, 9.17) is 4.74 Å². The standard InChI is InChI=1S/C20H19N3O5S/c1-15-6-5-10-23-18(24)12-17(22-20(15)23)14-28-19(25)13-21-29(26,27)11-9-16-7-3-2-4-8-16/h2-12,21H,13-14H2,1H3/b11-9+. The van der Waals surface area contributed by atoms with Crippen molar-refractivity contribution in [3.8, 4) is 0 Å². The molecular weight excluding hydrogens is 394 g/mol. The van der Waals surface area contributed by atoms with Gasteiger partial charge in [-0.05, 0) is 30.2 Å². The summed E-state index contributed by atoms with van der Waals surface area (Å²) >= 11 is 0. The predicted octanol–water partition coefficient (Wildman–Crippen LogP) is 1.64. The van der Waals surface area contributed by atoms with E-state index < -0.39 is 22.5 Å². The molecule has 1 aromatic carbocycles. The summed E-state index contributed by atoms with van der Waals surface area (Å²) in [6.07, 6.45) is 3.02. The van der Waals surface area contributed by atoms with Crippen LogP contribution >= 0.6 is 0 Å². The number of benzene rings is 1. The number of nitrogens with zero attached hydrogens (tertiary/aromatic N) is 2. The third-order valence-electron chi connectivity index (χ3n) is 3.98. The zero-order chi connectivity index (χ0) is 20.9. The fraction of sp³-hybridized carbons (Fsp3) is 0.150. The minimum absolute atomic E-state index is 0.236. The third-order valence-corrected chi connectivity index (χ3v) is 5.02. The lowest BCUT2D eigenvalue weighted by molar-refractivity contribution is -0.143. The van der Waals surface area contributed by atoms with Crippen molar-refractivity contribution < 1.29 is 17.9 Å². The molecule has 1 N–H and O–H groups in total. The van der Waals surface area contributed by atoms with Crippen LogP contribution in [0, 0.1) is 6.92 Å². The number of hydrogen-bond donors (Lipinski definition) is 1. The highest BCUT2D eigenvalue weighted by atomic mass is 32.2. The summed E-state index contributed by atoms with van der Waals surface area (Å²) in [5.74, 6) is -0.784. The number of fused-ring (bicyclic) bond motifs is 1. The zero-order valence-electron chi connectivity index (χ0n) is 15.6. The van der Waals surface area contributed by atoms with Crippen molar-refractivity contribution in [1.29, 1.82) is 0 Å². The summed E-state index contributed by atoms with van der Waals surface area (Å²) in [7, 11) is -3.80. The van der Waals surface area contributed by atoms with Gasteiger partial charge in [0.1, 0.15) is 18.8 Å². The van der Waals surface area contributed by atoms with Crippen LogP contribution in [0.1, 0.15) is 16.8 Å². The van der Waals surface area contributed by atoms with Gasteiger partial charge in [0.25, 0.3) is 5.56 Å². The van der Waals surface area contributed by atoms with Crippen LogP contribution in [0.15, 0.2) is 64.9 Å². The summed E-state index contributed by atoms with van der Waals surface area (Å²) in [6, 6.07) is 13.7. The quantitative estimate of drug-likeness (QED) is 0.590. The van der Waals surface area contributed by atoms with Crippen molar-refractivity contribution >= 4 is 27.7 Å². The minimum atomic E-state index is -3.80. The molecule has 0 saturated heterocycles. The Labute approximate surface area is 167 Å². The van der Waals surface area contributed by atoms with Crippen LogP contribution in [0.2, 0.25) is 0 Å². The number of ether oxygens (including phenoxy) is 1. The maximum Gasteiger partial charge on any atom is 0.321 e. The van der Waals surface area contributed by atoms with Crippen molar-refractivity contribution in [2.75, 3.05) is 6.54 Å². The lowest BCUT2D eigenvalue weighted by atomic mass is 10.2. The number of carbonyl (C=O) groups excluding carboxylic acids is 1. The van der Waals surface area contributed by atoms with Gasteiger partial charge in [-0.25, -0.2) is 18.1 Å². The van der Waals surface area contributed by atoms with Crippen LogP contribution in [0.4, 0.5) is 0 Å². The van der Waals surface area contributed by atoms with Gasteiger partial charge in [-0.2, -0.15) is 0 Å². The van der Waals surface area contributed by atoms with Gasteiger partial charge in [-0.3, -0.25) is 14.0 Å². The number of esters is 1. The molecule has 0 aliphatic rings. The van der Waals surface area contributed by atoms with E-state index in [-0.39, 0.29) is 17.9 Å². The molecular formula is C20H19N3O5S. The smallest absolute Gasteiger partial charge is 0.321 e. The second kappa shape index (κ2) is 8.80. The first-order chi connectivity index (χ1) is 13.8. The van der Waals surface area contributed by atoms with E-state index in [0.29, 0.717) is 11.2 Å². The predicted molar refractivity (Wildman–Crippen MR) is 108 cm³/mol. The van der Waals surface area contributed by atoms with Crippen LogP contribution in [-0.2, 0) is 26.2 Å². The Morgan fingerprint density at radius 2 is 1.97 bits per heavy atom. The molecule has 29 heavy (non-hydrogen) atoms. The van der Waals surface area contributed by atoms with Gasteiger partial charge >= 0.3 is 5.97 Å². The Hall–Kier alpha value is -3.30. The Morgan fingerprint density at radius 3 is 2.72 bits per heavy atom. The molecule has 0 spiro atoms. The maximum atomic E-state index is 12.1. The average Bonchev–Trinajstić information content (AvgIpc) is 2.71. The SMILES string of the molecule is Cc1cccn2c(=O)cc(COC(=O)CNS(=O)(=O)/C=C/c3ccccc3)nc12. The topological polar surface area (TPSA) is 107 Å². The Bertz CT molecular complexity index is 1220. The van der Waals surface area contributed by atoms with Gasteiger partial charge in [0.05, 0.1) is 5.69 Å². The van der Waals surface area contributed by atoms with E-state index in [1.807, 2.05) is 19.1 Å². The first-order valence-corrected chi connectivity index (χ1v) is 10.2. The van der Waals surface area contributed by atoms with Crippen LogP contribution in [0.25, 0.3) is 11.7 Å². The number of nitrogens with one attached hydrogen (secondary N) is 1. The summed E-state index contributed by atoms with van der Waals surface area (Å²) < 4.78 is 32.5. The Morgan fingerprint density at radius 1 is 1.21 bits per heavy atom. The highest BCUT2D eigenvalue weighted by Gasteiger charge is 2.11. The van der Waals surface area contributed by atoms with E-state index in [2.05, 4.69) is 9.71 Å². The monoisotopic (exact) mass is 413 g/mol. The molecule has 9 heteroatoms. The summed E-state index contributed by atoms with van der Waals surface area (Å²) in [5, 5.41) is 0.976. The van der Waals surface area contributed by atoms with Crippen LogP contribution < -0.4 is 10.3 Å². The maximum absolute atomic E-state index is 12.1. The highest BCUT2D eigenvalue weighted by molar-refractivity contribution is 7.92. The number of sulfonamides is 1. The molecule has 150 valence electrons. The number of pyridine rings is 1. The molecule has 8 nitrogen and oxygen atoms in total. The van der Waals surface area contributed by atoms with Crippen molar-refractivity contribution in [2.45, 2.75) is 13.5 Å². The Balaban J connectivity index is 1.57. The zero-order valence-corrected chi connectivity index (χ0v) is 16.4. The van der Waals surface area contributed by atoms with Gasteiger partial charge in [0.15, 0.2) is 0 Å². The van der Waals surface area contributed by atoms with Crippen molar-refractivity contribution in [1.82, 2.24) is 14.1 Å². The molecule has 0 amide bonds. The van der Waals surface area contributed by atoms with Crippen LogP contribution in [-0.4, -0.2) is 30.3 Å². The lowest BCUT2D eigenvalue weighted by Gasteiger charge is -2.07.